The number of pyridine rings is 1. The molecule has 0 unspecified atom stereocenters. The van der Waals surface area contributed by atoms with E-state index in [1.165, 1.54) is 19.8 Å². The minimum absolute atomic E-state index is 0.00693. The molecule has 1 aliphatic rings. The molecule has 4 rings (SSSR count). The van der Waals surface area contributed by atoms with E-state index in [1.807, 2.05) is 36.4 Å². The van der Waals surface area contributed by atoms with Crippen LogP contribution < -0.4 is 14.8 Å². The molecule has 0 aliphatic carbocycles. The fourth-order valence-corrected chi connectivity index (χ4v) is 3.65. The summed E-state index contributed by atoms with van der Waals surface area (Å²) in [6, 6.07) is 15.0. The van der Waals surface area contributed by atoms with Gasteiger partial charge in [-0.15, -0.1) is 0 Å². The summed E-state index contributed by atoms with van der Waals surface area (Å²) in [6.45, 7) is 0. The van der Waals surface area contributed by atoms with E-state index in [9.17, 15) is 9.59 Å². The molecule has 7 heteroatoms. The number of fused-ring (bicyclic) bond motifs is 1. The first-order valence-corrected chi connectivity index (χ1v) is 9.82. The Morgan fingerprint density at radius 3 is 2.39 bits per heavy atom. The van der Waals surface area contributed by atoms with Gasteiger partial charge in [0.15, 0.2) is 11.5 Å². The molecule has 1 aliphatic heterocycles. The van der Waals surface area contributed by atoms with Crippen LogP contribution in [-0.2, 0) is 16.0 Å². The van der Waals surface area contributed by atoms with Gasteiger partial charge in [-0.1, -0.05) is 18.2 Å². The minimum atomic E-state index is -0.673. The fourth-order valence-electron chi connectivity index (χ4n) is 3.65. The van der Waals surface area contributed by atoms with E-state index >= 15 is 0 Å². The summed E-state index contributed by atoms with van der Waals surface area (Å²) in [4.78, 5) is 29.0. The molecule has 1 atom stereocenters. The SMILES string of the molecule is COc1ccc2c(c1OC)C(=O)O[C@H]2CC(=O)Nc1ccc(Cc2ccncc2)cc1. The van der Waals surface area contributed by atoms with Crippen molar-refractivity contribution in [3.05, 3.63) is 83.2 Å². The van der Waals surface area contributed by atoms with Crippen molar-refractivity contribution in [2.45, 2.75) is 18.9 Å². The lowest BCUT2D eigenvalue weighted by atomic mass is 10.0. The first-order valence-electron chi connectivity index (χ1n) is 9.82. The Balaban J connectivity index is 1.41. The van der Waals surface area contributed by atoms with Crippen molar-refractivity contribution in [1.29, 1.82) is 0 Å². The maximum Gasteiger partial charge on any atom is 0.343 e. The van der Waals surface area contributed by atoms with E-state index in [0.29, 0.717) is 28.3 Å². The Hall–Kier alpha value is -3.87. The van der Waals surface area contributed by atoms with Crippen LogP contribution in [0.3, 0.4) is 0 Å². The molecular weight excluding hydrogens is 396 g/mol. The maximum absolute atomic E-state index is 12.6. The minimum Gasteiger partial charge on any atom is -0.493 e. The van der Waals surface area contributed by atoms with Gasteiger partial charge in [0.25, 0.3) is 0 Å². The molecule has 3 aromatic rings. The quantitative estimate of drug-likeness (QED) is 0.585. The van der Waals surface area contributed by atoms with Gasteiger partial charge in [0, 0.05) is 23.6 Å². The van der Waals surface area contributed by atoms with Gasteiger partial charge in [-0.3, -0.25) is 9.78 Å². The van der Waals surface area contributed by atoms with E-state index in [4.69, 9.17) is 14.2 Å². The molecular formula is C24H22N2O5. The monoisotopic (exact) mass is 418 g/mol. The summed E-state index contributed by atoms with van der Waals surface area (Å²) in [5, 5.41) is 2.86. The maximum atomic E-state index is 12.6. The molecule has 0 fully saturated rings. The van der Waals surface area contributed by atoms with Crippen LogP contribution in [-0.4, -0.2) is 31.1 Å². The number of cyclic esters (lactones) is 1. The number of hydrogen-bond donors (Lipinski definition) is 1. The second kappa shape index (κ2) is 8.87. The molecule has 0 saturated carbocycles. The molecule has 2 heterocycles. The van der Waals surface area contributed by atoms with Gasteiger partial charge in [-0.2, -0.15) is 0 Å². The van der Waals surface area contributed by atoms with Crippen molar-refractivity contribution < 1.29 is 23.8 Å². The van der Waals surface area contributed by atoms with E-state index in [-0.39, 0.29) is 12.3 Å². The van der Waals surface area contributed by atoms with E-state index in [2.05, 4.69) is 10.3 Å². The number of esters is 1. The van der Waals surface area contributed by atoms with E-state index in [0.717, 1.165) is 12.0 Å². The lowest BCUT2D eigenvalue weighted by Gasteiger charge is -2.13. The molecule has 1 N–H and O–H groups in total. The number of rotatable bonds is 7. The molecule has 0 saturated heterocycles. The second-order valence-corrected chi connectivity index (χ2v) is 7.14. The summed E-state index contributed by atoms with van der Waals surface area (Å²) in [6.07, 6.45) is 3.66. The topological polar surface area (TPSA) is 86.8 Å². The van der Waals surface area contributed by atoms with E-state index < -0.39 is 12.1 Å². The van der Waals surface area contributed by atoms with Gasteiger partial charge in [0.2, 0.25) is 5.91 Å². The summed E-state index contributed by atoms with van der Waals surface area (Å²) in [7, 11) is 2.96. The van der Waals surface area contributed by atoms with Crippen molar-refractivity contribution in [1.82, 2.24) is 4.98 Å². The van der Waals surface area contributed by atoms with Gasteiger partial charge in [0.05, 0.1) is 20.6 Å². The first-order chi connectivity index (χ1) is 15.1. The number of amides is 1. The summed E-state index contributed by atoms with van der Waals surface area (Å²) < 4.78 is 16.0. The highest BCUT2D eigenvalue weighted by molar-refractivity contribution is 5.99. The largest absolute Gasteiger partial charge is 0.493 e. The number of nitrogens with zero attached hydrogens (tertiary/aromatic N) is 1. The van der Waals surface area contributed by atoms with Crippen LogP contribution in [0, 0.1) is 0 Å². The van der Waals surface area contributed by atoms with Crippen LogP contribution in [0.15, 0.2) is 60.9 Å². The van der Waals surface area contributed by atoms with Gasteiger partial charge < -0.3 is 19.5 Å². The number of carbonyl (C=O) groups excluding carboxylic acids is 2. The third-order valence-corrected chi connectivity index (χ3v) is 5.14. The number of methoxy groups -OCH3 is 2. The number of aromatic nitrogens is 1. The van der Waals surface area contributed by atoms with Crippen molar-refractivity contribution in [2.24, 2.45) is 0 Å². The normalized spacial score (nSPS) is 14.5. The van der Waals surface area contributed by atoms with Crippen molar-refractivity contribution >= 4 is 17.6 Å². The van der Waals surface area contributed by atoms with Crippen molar-refractivity contribution in [3.63, 3.8) is 0 Å². The highest BCUT2D eigenvalue weighted by atomic mass is 16.6. The van der Waals surface area contributed by atoms with Gasteiger partial charge in [0.1, 0.15) is 11.7 Å². The van der Waals surface area contributed by atoms with Crippen LogP contribution in [0.25, 0.3) is 0 Å². The highest BCUT2D eigenvalue weighted by Crippen LogP contribution is 2.43. The van der Waals surface area contributed by atoms with Gasteiger partial charge in [-0.05, 0) is 47.9 Å². The number of ether oxygens (including phenoxy) is 3. The number of nitrogens with one attached hydrogen (secondary N) is 1. The van der Waals surface area contributed by atoms with Crippen LogP contribution in [0.4, 0.5) is 5.69 Å². The van der Waals surface area contributed by atoms with Crippen LogP contribution in [0.5, 0.6) is 11.5 Å². The Bertz CT molecular complexity index is 1100. The Morgan fingerprint density at radius 2 is 1.71 bits per heavy atom. The fraction of sp³-hybridized carbons (Fsp3) is 0.208. The predicted molar refractivity (Wildman–Crippen MR) is 114 cm³/mol. The van der Waals surface area contributed by atoms with Gasteiger partial charge >= 0.3 is 5.97 Å². The molecule has 31 heavy (non-hydrogen) atoms. The smallest absolute Gasteiger partial charge is 0.343 e. The predicted octanol–water partition coefficient (Wildman–Crippen LogP) is 3.93. The third kappa shape index (κ3) is 4.35. The summed E-state index contributed by atoms with van der Waals surface area (Å²) >= 11 is 0. The average Bonchev–Trinajstić information content (AvgIpc) is 3.10. The molecule has 7 nitrogen and oxygen atoms in total. The Kier molecular flexibility index (Phi) is 5.84. The number of anilines is 1. The Morgan fingerprint density at radius 1 is 1.00 bits per heavy atom. The zero-order valence-corrected chi connectivity index (χ0v) is 17.3. The van der Waals surface area contributed by atoms with Crippen LogP contribution in [0.1, 0.15) is 39.6 Å². The van der Waals surface area contributed by atoms with Crippen molar-refractivity contribution in [2.75, 3.05) is 19.5 Å². The second-order valence-electron chi connectivity index (χ2n) is 7.14. The number of hydrogen-bond acceptors (Lipinski definition) is 6. The third-order valence-electron chi connectivity index (χ3n) is 5.14. The molecule has 2 aromatic carbocycles. The molecule has 0 radical (unpaired) electrons. The lowest BCUT2D eigenvalue weighted by molar-refractivity contribution is -0.118. The first kappa shape index (κ1) is 20.4. The van der Waals surface area contributed by atoms with Gasteiger partial charge in [-0.25, -0.2) is 4.79 Å². The number of carbonyl (C=O) groups is 2. The van der Waals surface area contributed by atoms with Crippen LogP contribution in [0.2, 0.25) is 0 Å². The van der Waals surface area contributed by atoms with Crippen LogP contribution >= 0.6 is 0 Å². The summed E-state index contributed by atoms with van der Waals surface area (Å²) in [5.74, 6) is -0.0146. The Labute approximate surface area is 180 Å². The molecule has 0 spiro atoms. The molecule has 1 amide bonds. The van der Waals surface area contributed by atoms with E-state index in [1.54, 1.807) is 24.5 Å². The summed E-state index contributed by atoms with van der Waals surface area (Å²) in [5.41, 5.74) is 3.90. The zero-order valence-electron chi connectivity index (χ0n) is 17.3. The molecule has 1 aromatic heterocycles. The lowest BCUT2D eigenvalue weighted by Crippen LogP contribution is -2.15. The zero-order chi connectivity index (χ0) is 21.8. The number of benzene rings is 2. The van der Waals surface area contributed by atoms with Crippen molar-refractivity contribution in [3.8, 4) is 11.5 Å². The standard InChI is InChI=1S/C24H22N2O5/c1-29-19-8-7-18-20(31-24(28)22(18)23(19)30-2)14-21(27)26-17-5-3-15(4-6-17)13-16-9-11-25-12-10-16/h3-12,20H,13-14H2,1-2H3,(H,26,27)/t20-/m0/s1. The molecule has 0 bridgehead atoms. The molecule has 158 valence electrons. The average molecular weight is 418 g/mol. The highest BCUT2D eigenvalue weighted by Gasteiger charge is 2.36.